The Balaban J connectivity index is 2.93. The lowest BCUT2D eigenvalue weighted by Crippen LogP contribution is -2.01. The Morgan fingerprint density at radius 2 is 2.50 bits per heavy atom. The van der Waals surface area contributed by atoms with E-state index in [9.17, 15) is 4.79 Å². The van der Waals surface area contributed by atoms with Crippen molar-refractivity contribution in [2.75, 3.05) is 6.79 Å². The highest BCUT2D eigenvalue weighted by Crippen LogP contribution is 1.77. The molecule has 0 unspecified atom stereocenters. The van der Waals surface area contributed by atoms with E-state index >= 15 is 0 Å². The molecule has 0 fully saturated rings. The standard InChI is InChI=1S/C4H6O4/c1-2-7-3-8-4(5)6/h2H,1,3H2,(H,5,6). The molecule has 0 aromatic carbocycles. The molecule has 1 N–H and O–H groups in total. The summed E-state index contributed by atoms with van der Waals surface area (Å²) in [6.45, 7) is 2.87. The van der Waals surface area contributed by atoms with E-state index in [1.807, 2.05) is 0 Å². The summed E-state index contributed by atoms with van der Waals surface area (Å²) in [6.07, 6.45) is -0.255. The molecular weight excluding hydrogens is 112 g/mol. The van der Waals surface area contributed by atoms with Gasteiger partial charge >= 0.3 is 6.16 Å². The lowest BCUT2D eigenvalue weighted by atomic mass is 11.1. The summed E-state index contributed by atoms with van der Waals surface area (Å²) in [6, 6.07) is 0. The van der Waals surface area contributed by atoms with E-state index < -0.39 is 6.16 Å². The van der Waals surface area contributed by atoms with Crippen molar-refractivity contribution in [3.8, 4) is 0 Å². The second-order valence-corrected chi connectivity index (χ2v) is 0.861. The number of hydrogen-bond donors (Lipinski definition) is 1. The van der Waals surface area contributed by atoms with Crippen LogP contribution >= 0.6 is 0 Å². The van der Waals surface area contributed by atoms with E-state index in [1.54, 1.807) is 0 Å². The van der Waals surface area contributed by atoms with Gasteiger partial charge in [0.2, 0.25) is 6.79 Å². The van der Waals surface area contributed by atoms with Crippen LogP contribution in [0.2, 0.25) is 0 Å². The van der Waals surface area contributed by atoms with Crippen molar-refractivity contribution < 1.29 is 19.4 Å². The minimum absolute atomic E-state index is 0.293. The molecule has 0 radical (unpaired) electrons. The molecular formula is C4H6O4. The Kier molecular flexibility index (Phi) is 3.39. The maximum absolute atomic E-state index is 9.54. The fourth-order valence-corrected chi connectivity index (χ4v) is 0.133. The Labute approximate surface area is 46.3 Å². The van der Waals surface area contributed by atoms with Crippen molar-refractivity contribution in [1.29, 1.82) is 0 Å². The molecule has 0 amide bonds. The maximum Gasteiger partial charge on any atom is 0.508 e. The summed E-state index contributed by atoms with van der Waals surface area (Å²) in [5.74, 6) is 0. The number of ether oxygens (including phenoxy) is 2. The summed E-state index contributed by atoms with van der Waals surface area (Å²) in [5, 5.41) is 7.80. The van der Waals surface area contributed by atoms with Gasteiger partial charge in [0, 0.05) is 0 Å². The predicted octanol–water partition coefficient (Wildman–Crippen LogP) is 0.799. The summed E-state index contributed by atoms with van der Waals surface area (Å²) >= 11 is 0. The van der Waals surface area contributed by atoms with Gasteiger partial charge in [-0.15, -0.1) is 0 Å². The van der Waals surface area contributed by atoms with Crippen molar-refractivity contribution in [3.63, 3.8) is 0 Å². The zero-order valence-electron chi connectivity index (χ0n) is 4.16. The van der Waals surface area contributed by atoms with Gasteiger partial charge in [0.15, 0.2) is 0 Å². The second-order valence-electron chi connectivity index (χ2n) is 0.861. The minimum Gasteiger partial charge on any atom is -0.465 e. The molecule has 0 saturated heterocycles. The topological polar surface area (TPSA) is 55.8 Å². The van der Waals surface area contributed by atoms with Gasteiger partial charge in [-0.05, 0) is 0 Å². The summed E-state index contributed by atoms with van der Waals surface area (Å²) in [4.78, 5) is 9.54. The van der Waals surface area contributed by atoms with E-state index in [-0.39, 0.29) is 6.79 Å². The van der Waals surface area contributed by atoms with Crippen LogP contribution < -0.4 is 0 Å². The quantitative estimate of drug-likeness (QED) is 0.258. The predicted molar refractivity (Wildman–Crippen MR) is 25.3 cm³/mol. The highest BCUT2D eigenvalue weighted by atomic mass is 16.7. The molecule has 0 atom stereocenters. The van der Waals surface area contributed by atoms with Crippen LogP contribution in [0, 0.1) is 0 Å². The first-order valence-corrected chi connectivity index (χ1v) is 1.85. The summed E-state index contributed by atoms with van der Waals surface area (Å²) < 4.78 is 8.21. The van der Waals surface area contributed by atoms with Crippen LogP contribution in [0.15, 0.2) is 12.8 Å². The van der Waals surface area contributed by atoms with Gasteiger partial charge in [-0.1, -0.05) is 6.58 Å². The van der Waals surface area contributed by atoms with Crippen LogP contribution in [0.4, 0.5) is 4.79 Å². The third kappa shape index (κ3) is 4.81. The maximum atomic E-state index is 9.54. The Morgan fingerprint density at radius 1 is 1.88 bits per heavy atom. The SMILES string of the molecule is C=COCOC(=O)O. The molecule has 4 heteroatoms. The van der Waals surface area contributed by atoms with Crippen molar-refractivity contribution in [3.05, 3.63) is 12.8 Å². The van der Waals surface area contributed by atoms with Gasteiger partial charge in [0.25, 0.3) is 0 Å². The Hall–Kier alpha value is -1.19. The van der Waals surface area contributed by atoms with Crippen LogP contribution in [0.1, 0.15) is 0 Å². The largest absolute Gasteiger partial charge is 0.508 e. The lowest BCUT2D eigenvalue weighted by molar-refractivity contribution is 0.00544. The zero-order chi connectivity index (χ0) is 6.41. The molecule has 0 saturated carbocycles. The molecule has 0 aromatic heterocycles. The van der Waals surface area contributed by atoms with Crippen molar-refractivity contribution >= 4 is 6.16 Å². The van der Waals surface area contributed by atoms with Crippen molar-refractivity contribution in [2.24, 2.45) is 0 Å². The lowest BCUT2D eigenvalue weighted by Gasteiger charge is -1.95. The molecule has 0 rings (SSSR count). The Bertz CT molecular complexity index is 88.0. The number of hydrogen-bond acceptors (Lipinski definition) is 3. The van der Waals surface area contributed by atoms with Gasteiger partial charge in [0.05, 0.1) is 6.26 Å². The molecule has 0 aliphatic heterocycles. The molecule has 46 valence electrons. The van der Waals surface area contributed by atoms with Crippen LogP contribution in [0.25, 0.3) is 0 Å². The fourth-order valence-electron chi connectivity index (χ4n) is 0.133. The molecule has 4 nitrogen and oxygen atoms in total. The van der Waals surface area contributed by atoms with Gasteiger partial charge in [-0.25, -0.2) is 4.79 Å². The number of carbonyl (C=O) groups is 1. The monoisotopic (exact) mass is 118 g/mol. The van der Waals surface area contributed by atoms with Gasteiger partial charge in [-0.2, -0.15) is 0 Å². The normalized spacial score (nSPS) is 7.50. The van der Waals surface area contributed by atoms with E-state index in [1.165, 1.54) is 0 Å². The van der Waals surface area contributed by atoms with E-state index in [4.69, 9.17) is 5.11 Å². The van der Waals surface area contributed by atoms with Crippen LogP contribution in [-0.2, 0) is 9.47 Å². The molecule has 0 aliphatic carbocycles. The smallest absolute Gasteiger partial charge is 0.465 e. The third-order valence-corrected chi connectivity index (χ3v) is 0.368. The summed E-state index contributed by atoms with van der Waals surface area (Å²) in [5.41, 5.74) is 0. The first-order valence-electron chi connectivity index (χ1n) is 1.85. The fraction of sp³-hybridized carbons (Fsp3) is 0.250. The average molecular weight is 118 g/mol. The molecule has 0 heterocycles. The van der Waals surface area contributed by atoms with Crippen LogP contribution in [-0.4, -0.2) is 18.1 Å². The van der Waals surface area contributed by atoms with Crippen LogP contribution in [0.3, 0.4) is 0 Å². The Morgan fingerprint density at radius 3 is 2.88 bits per heavy atom. The summed E-state index contributed by atoms with van der Waals surface area (Å²) in [7, 11) is 0. The van der Waals surface area contributed by atoms with Gasteiger partial charge in [-0.3, -0.25) is 0 Å². The van der Waals surface area contributed by atoms with E-state index in [0.29, 0.717) is 0 Å². The van der Waals surface area contributed by atoms with E-state index in [0.717, 1.165) is 6.26 Å². The highest BCUT2D eigenvalue weighted by Gasteiger charge is 1.90. The first-order chi connectivity index (χ1) is 3.77. The van der Waals surface area contributed by atoms with Crippen LogP contribution in [0.5, 0.6) is 0 Å². The minimum atomic E-state index is -1.35. The number of rotatable bonds is 3. The molecule has 0 spiro atoms. The third-order valence-electron chi connectivity index (χ3n) is 0.368. The molecule has 0 aliphatic rings. The molecule has 0 aromatic rings. The number of carboxylic acid groups (broad SMARTS) is 1. The first kappa shape index (κ1) is 6.81. The molecule has 8 heavy (non-hydrogen) atoms. The zero-order valence-corrected chi connectivity index (χ0v) is 4.16. The van der Waals surface area contributed by atoms with E-state index in [2.05, 4.69) is 16.1 Å². The van der Waals surface area contributed by atoms with Gasteiger partial charge in [0.1, 0.15) is 0 Å². The second kappa shape index (κ2) is 3.98. The van der Waals surface area contributed by atoms with Crippen molar-refractivity contribution in [1.82, 2.24) is 0 Å². The highest BCUT2D eigenvalue weighted by molar-refractivity contribution is 5.56. The van der Waals surface area contributed by atoms with Crippen molar-refractivity contribution in [2.45, 2.75) is 0 Å². The average Bonchev–Trinajstić information content (AvgIpc) is 1.66. The van der Waals surface area contributed by atoms with Gasteiger partial charge < -0.3 is 14.6 Å². The molecule has 0 bridgehead atoms.